The molecule has 0 aliphatic carbocycles. The largest absolute Gasteiger partial charge is 0.481 e. The highest BCUT2D eigenvalue weighted by Gasteiger charge is 2.06. The Balaban J connectivity index is 2.05. The van der Waals surface area contributed by atoms with Gasteiger partial charge < -0.3 is 9.52 Å². The molecule has 2 rings (SSSR count). The zero-order chi connectivity index (χ0) is 10.7. The molecule has 15 heavy (non-hydrogen) atoms. The summed E-state index contributed by atoms with van der Waals surface area (Å²) in [5, 5.41) is 8.45. The molecule has 0 radical (unpaired) electrons. The molecule has 2 heterocycles. The summed E-state index contributed by atoms with van der Waals surface area (Å²) in [6, 6.07) is 3.54. The highest BCUT2D eigenvalue weighted by atomic mass is 32.2. The van der Waals surface area contributed by atoms with Crippen molar-refractivity contribution in [1.29, 1.82) is 0 Å². The highest BCUT2D eigenvalue weighted by molar-refractivity contribution is 7.99. The van der Waals surface area contributed by atoms with Crippen molar-refractivity contribution < 1.29 is 14.3 Å². The van der Waals surface area contributed by atoms with Gasteiger partial charge in [-0.25, -0.2) is 4.98 Å². The van der Waals surface area contributed by atoms with Gasteiger partial charge in [-0.3, -0.25) is 4.79 Å². The second-order valence-corrected chi connectivity index (χ2v) is 3.80. The number of hydrogen-bond donors (Lipinski definition) is 1. The topological polar surface area (TPSA) is 76.2 Å². The number of hydrogen-bond acceptors (Lipinski definition) is 5. The first-order valence-corrected chi connectivity index (χ1v) is 5.41. The van der Waals surface area contributed by atoms with Gasteiger partial charge in [-0.1, -0.05) is 0 Å². The number of fused-ring (bicyclic) bond motifs is 1. The van der Waals surface area contributed by atoms with E-state index in [1.807, 2.05) is 0 Å². The Morgan fingerprint density at radius 2 is 2.47 bits per heavy atom. The Hall–Kier alpha value is -1.56. The maximum atomic E-state index is 10.3. The number of aliphatic carboxylic acids is 1. The first-order valence-electron chi connectivity index (χ1n) is 4.25. The lowest BCUT2D eigenvalue weighted by molar-refractivity contribution is -0.133. The second kappa shape index (κ2) is 4.31. The van der Waals surface area contributed by atoms with Crippen LogP contribution in [0.4, 0.5) is 0 Å². The summed E-state index contributed by atoms with van der Waals surface area (Å²) in [6.45, 7) is 0. The molecular weight excluding hydrogens is 216 g/mol. The van der Waals surface area contributed by atoms with Crippen molar-refractivity contribution in [2.24, 2.45) is 0 Å². The molecule has 0 unspecified atom stereocenters. The van der Waals surface area contributed by atoms with E-state index in [-0.39, 0.29) is 5.75 Å². The average molecular weight is 224 g/mol. The molecule has 0 amide bonds. The first kappa shape index (κ1) is 9.97. The average Bonchev–Trinajstić information content (AvgIpc) is 2.59. The third-order valence-corrected chi connectivity index (χ3v) is 2.56. The highest BCUT2D eigenvalue weighted by Crippen LogP contribution is 2.16. The van der Waals surface area contributed by atoms with Crippen molar-refractivity contribution in [3.8, 4) is 0 Å². The lowest BCUT2D eigenvalue weighted by atomic mass is 10.5. The van der Waals surface area contributed by atoms with E-state index < -0.39 is 5.97 Å². The van der Waals surface area contributed by atoms with Gasteiger partial charge in [0.25, 0.3) is 0 Å². The van der Waals surface area contributed by atoms with E-state index >= 15 is 0 Å². The molecule has 0 spiro atoms. The number of rotatable bonds is 4. The third-order valence-electron chi connectivity index (χ3n) is 1.66. The quantitative estimate of drug-likeness (QED) is 0.848. The molecule has 1 N–H and O–H groups in total. The Bertz CT molecular complexity index is 450. The van der Waals surface area contributed by atoms with Crippen LogP contribution in [0.3, 0.4) is 0 Å². The SMILES string of the molecule is O=C(O)CSCc1nc2ncccc2o1. The predicted octanol–water partition coefficient (Wildman–Crippen LogP) is 1.54. The molecule has 0 saturated heterocycles. The van der Waals surface area contributed by atoms with Crippen LogP contribution in [0.5, 0.6) is 0 Å². The summed E-state index contributed by atoms with van der Waals surface area (Å²) in [6.07, 6.45) is 1.64. The molecule has 0 bridgehead atoms. The molecule has 2 aromatic heterocycles. The van der Waals surface area contributed by atoms with Crippen molar-refractivity contribution in [3.05, 3.63) is 24.2 Å². The van der Waals surface area contributed by atoms with Gasteiger partial charge in [-0.15, -0.1) is 11.8 Å². The molecule has 6 heteroatoms. The summed E-state index contributed by atoms with van der Waals surface area (Å²) in [5.41, 5.74) is 1.19. The van der Waals surface area contributed by atoms with Crippen LogP contribution in [-0.2, 0) is 10.5 Å². The van der Waals surface area contributed by atoms with Gasteiger partial charge in [0.15, 0.2) is 11.2 Å². The molecule has 0 aromatic carbocycles. The molecule has 2 aromatic rings. The van der Waals surface area contributed by atoms with E-state index in [9.17, 15) is 4.79 Å². The van der Waals surface area contributed by atoms with Crippen LogP contribution in [0.25, 0.3) is 11.2 Å². The Labute approximate surface area is 89.5 Å². The molecule has 0 aliphatic rings. The zero-order valence-electron chi connectivity index (χ0n) is 7.71. The van der Waals surface area contributed by atoms with Crippen LogP contribution >= 0.6 is 11.8 Å². The standard InChI is InChI=1S/C9H8N2O3S/c12-8(13)5-15-4-7-11-9-6(14-7)2-1-3-10-9/h1-3H,4-5H2,(H,12,13). The van der Waals surface area contributed by atoms with Crippen molar-refractivity contribution in [2.45, 2.75) is 5.75 Å². The number of aromatic nitrogens is 2. The molecule has 0 atom stereocenters. The fourth-order valence-corrected chi connectivity index (χ4v) is 1.68. The minimum absolute atomic E-state index is 0.0478. The summed E-state index contributed by atoms with van der Waals surface area (Å²) in [4.78, 5) is 18.4. The smallest absolute Gasteiger partial charge is 0.313 e. The van der Waals surface area contributed by atoms with E-state index in [0.717, 1.165) is 0 Å². The first-order chi connectivity index (χ1) is 7.25. The maximum absolute atomic E-state index is 10.3. The number of carboxylic acids is 1. The van der Waals surface area contributed by atoms with Gasteiger partial charge in [0.1, 0.15) is 0 Å². The summed E-state index contributed by atoms with van der Waals surface area (Å²) >= 11 is 1.25. The number of thioether (sulfide) groups is 1. The predicted molar refractivity (Wildman–Crippen MR) is 55.6 cm³/mol. The van der Waals surface area contributed by atoms with Gasteiger partial charge >= 0.3 is 5.97 Å². The third kappa shape index (κ3) is 2.47. The Morgan fingerprint density at radius 3 is 3.20 bits per heavy atom. The zero-order valence-corrected chi connectivity index (χ0v) is 8.53. The van der Waals surface area contributed by atoms with E-state index in [1.165, 1.54) is 11.8 Å². The summed E-state index contributed by atoms with van der Waals surface area (Å²) < 4.78 is 5.36. The summed E-state index contributed by atoms with van der Waals surface area (Å²) in [5.74, 6) is 0.165. The minimum atomic E-state index is -0.839. The normalized spacial score (nSPS) is 10.7. The molecule has 5 nitrogen and oxygen atoms in total. The van der Waals surface area contributed by atoms with Crippen LogP contribution in [-0.4, -0.2) is 26.8 Å². The van der Waals surface area contributed by atoms with Crippen LogP contribution in [0.15, 0.2) is 22.7 Å². The molecule has 78 valence electrons. The number of carbonyl (C=O) groups is 1. The number of nitrogens with zero attached hydrogens (tertiary/aromatic N) is 2. The van der Waals surface area contributed by atoms with Gasteiger partial charge in [0.05, 0.1) is 11.5 Å². The fourth-order valence-electron chi connectivity index (χ4n) is 1.10. The van der Waals surface area contributed by atoms with Gasteiger partial charge in [-0.2, -0.15) is 4.98 Å². The number of oxazole rings is 1. The lowest BCUT2D eigenvalue weighted by Crippen LogP contribution is -1.98. The summed E-state index contributed by atoms with van der Waals surface area (Å²) in [7, 11) is 0. The number of pyridine rings is 1. The van der Waals surface area contributed by atoms with Crippen molar-refractivity contribution in [3.63, 3.8) is 0 Å². The Morgan fingerprint density at radius 1 is 1.60 bits per heavy atom. The maximum Gasteiger partial charge on any atom is 0.313 e. The second-order valence-electron chi connectivity index (χ2n) is 2.82. The van der Waals surface area contributed by atoms with Gasteiger partial charge in [0.2, 0.25) is 5.89 Å². The van der Waals surface area contributed by atoms with Crippen LogP contribution < -0.4 is 0 Å². The monoisotopic (exact) mass is 224 g/mol. The minimum Gasteiger partial charge on any atom is -0.481 e. The van der Waals surface area contributed by atoms with Crippen LogP contribution in [0.2, 0.25) is 0 Å². The van der Waals surface area contributed by atoms with Crippen LogP contribution in [0, 0.1) is 0 Å². The van der Waals surface area contributed by atoms with E-state index in [1.54, 1.807) is 18.3 Å². The van der Waals surface area contributed by atoms with E-state index in [0.29, 0.717) is 22.9 Å². The van der Waals surface area contributed by atoms with Crippen molar-refractivity contribution >= 4 is 29.0 Å². The lowest BCUT2D eigenvalue weighted by Gasteiger charge is -1.91. The molecular formula is C9H8N2O3S. The fraction of sp³-hybridized carbons (Fsp3) is 0.222. The van der Waals surface area contributed by atoms with Gasteiger partial charge in [0, 0.05) is 6.20 Å². The molecule has 0 saturated carbocycles. The van der Waals surface area contributed by atoms with E-state index in [2.05, 4.69) is 9.97 Å². The van der Waals surface area contributed by atoms with Crippen molar-refractivity contribution in [1.82, 2.24) is 9.97 Å². The van der Waals surface area contributed by atoms with Gasteiger partial charge in [-0.05, 0) is 12.1 Å². The molecule has 0 fully saturated rings. The molecule has 0 aliphatic heterocycles. The number of carboxylic acid groups (broad SMARTS) is 1. The van der Waals surface area contributed by atoms with E-state index in [4.69, 9.17) is 9.52 Å². The van der Waals surface area contributed by atoms with Crippen molar-refractivity contribution in [2.75, 3.05) is 5.75 Å². The van der Waals surface area contributed by atoms with Crippen LogP contribution in [0.1, 0.15) is 5.89 Å². The Kier molecular flexibility index (Phi) is 2.86.